The summed E-state index contributed by atoms with van der Waals surface area (Å²) in [5.74, 6) is -0.164. The fraction of sp³-hybridized carbons (Fsp3) is 0.417. The lowest BCUT2D eigenvalue weighted by Crippen LogP contribution is -2.57. The van der Waals surface area contributed by atoms with Gasteiger partial charge in [0.2, 0.25) is 11.8 Å². The summed E-state index contributed by atoms with van der Waals surface area (Å²) >= 11 is 0. The molecule has 4 aliphatic heterocycles. The SMILES string of the molecule is O=C1CCC(NC(=O)c2ccc(N3CCN(C4CCN(C(=O)N5CCN(c6ccc([C@@H]7c8ccc(O)cc8CC[C@@H]7c7ccccc7)cc6)CC5)CC4)CC3)cc2)C(=O)N1. The van der Waals surface area contributed by atoms with Crippen LogP contribution in [0.2, 0.25) is 0 Å². The molecule has 4 fully saturated rings. The van der Waals surface area contributed by atoms with Gasteiger partial charge in [0, 0.05) is 101 Å². The Morgan fingerprint density at radius 1 is 0.633 bits per heavy atom. The van der Waals surface area contributed by atoms with Gasteiger partial charge in [-0.2, -0.15) is 0 Å². The minimum absolute atomic E-state index is 0.163. The van der Waals surface area contributed by atoms with E-state index >= 15 is 0 Å². The van der Waals surface area contributed by atoms with Crippen LogP contribution in [-0.2, 0) is 16.0 Å². The number of likely N-dealkylation sites (tertiary alicyclic amines) is 1. The van der Waals surface area contributed by atoms with Crippen LogP contribution < -0.4 is 20.4 Å². The third-order valence-corrected chi connectivity index (χ3v) is 13.6. The van der Waals surface area contributed by atoms with Gasteiger partial charge in [-0.1, -0.05) is 48.5 Å². The van der Waals surface area contributed by atoms with Gasteiger partial charge in [-0.3, -0.25) is 24.6 Å². The zero-order chi connectivity index (χ0) is 41.2. The molecule has 5 aliphatic rings. The van der Waals surface area contributed by atoms with Gasteiger partial charge in [-0.25, -0.2) is 4.79 Å². The summed E-state index contributed by atoms with van der Waals surface area (Å²) < 4.78 is 0. The molecule has 4 saturated heterocycles. The fourth-order valence-electron chi connectivity index (χ4n) is 10.2. The van der Waals surface area contributed by atoms with E-state index in [0.29, 0.717) is 42.8 Å². The summed E-state index contributed by atoms with van der Waals surface area (Å²) in [5, 5.41) is 15.3. The number of nitrogens with zero attached hydrogens (tertiary/aromatic N) is 5. The number of aromatic hydroxyl groups is 1. The molecule has 3 atom stereocenters. The number of piperidine rings is 2. The molecule has 0 radical (unpaired) electrons. The number of benzene rings is 4. The van der Waals surface area contributed by atoms with Gasteiger partial charge in [0.25, 0.3) is 5.91 Å². The van der Waals surface area contributed by atoms with Crippen molar-refractivity contribution in [2.45, 2.75) is 62.4 Å². The molecule has 12 heteroatoms. The summed E-state index contributed by atoms with van der Waals surface area (Å²) in [7, 11) is 0. The Morgan fingerprint density at radius 3 is 1.93 bits per heavy atom. The third kappa shape index (κ3) is 8.43. The van der Waals surface area contributed by atoms with Crippen LogP contribution in [0.15, 0.2) is 97.1 Å². The molecule has 4 aromatic carbocycles. The van der Waals surface area contributed by atoms with E-state index in [-0.39, 0.29) is 30.2 Å². The lowest BCUT2D eigenvalue weighted by Gasteiger charge is -2.44. The van der Waals surface area contributed by atoms with Crippen molar-refractivity contribution in [2.24, 2.45) is 0 Å². The Labute approximate surface area is 352 Å². The number of aryl methyl sites for hydroxylation is 1. The number of nitrogens with one attached hydrogen (secondary N) is 2. The van der Waals surface area contributed by atoms with E-state index in [1.54, 1.807) is 12.1 Å². The Morgan fingerprint density at radius 2 is 1.27 bits per heavy atom. The highest BCUT2D eigenvalue weighted by molar-refractivity contribution is 6.03. The number of urea groups is 1. The van der Waals surface area contributed by atoms with Crippen LogP contribution in [0, 0.1) is 0 Å². The number of anilines is 2. The van der Waals surface area contributed by atoms with E-state index in [0.717, 1.165) is 83.7 Å². The Kier molecular flexibility index (Phi) is 11.5. The van der Waals surface area contributed by atoms with Gasteiger partial charge in [0.15, 0.2) is 0 Å². The number of hydrogen-bond donors (Lipinski definition) is 3. The number of imide groups is 1. The summed E-state index contributed by atoms with van der Waals surface area (Å²) in [6.45, 7) is 8.28. The van der Waals surface area contributed by atoms with E-state index in [1.807, 2.05) is 29.2 Å². The molecule has 0 spiro atoms. The summed E-state index contributed by atoms with van der Waals surface area (Å²) in [5.41, 5.74) is 7.93. The topological polar surface area (TPSA) is 129 Å². The van der Waals surface area contributed by atoms with Crippen LogP contribution in [0.5, 0.6) is 5.75 Å². The van der Waals surface area contributed by atoms with Crippen molar-refractivity contribution in [3.8, 4) is 5.75 Å². The van der Waals surface area contributed by atoms with E-state index in [4.69, 9.17) is 0 Å². The van der Waals surface area contributed by atoms with E-state index in [9.17, 15) is 24.3 Å². The van der Waals surface area contributed by atoms with Crippen LogP contribution in [0.4, 0.5) is 16.2 Å². The number of rotatable bonds is 7. The smallest absolute Gasteiger partial charge is 0.320 e. The van der Waals surface area contributed by atoms with Crippen LogP contribution in [0.25, 0.3) is 0 Å². The summed E-state index contributed by atoms with van der Waals surface area (Å²) in [6, 6.07) is 33.2. The molecule has 9 rings (SSSR count). The number of phenolic OH excluding ortho intramolecular Hbond substituents is 1. The van der Waals surface area contributed by atoms with Crippen molar-refractivity contribution in [1.29, 1.82) is 0 Å². The Bertz CT molecular complexity index is 2170. The van der Waals surface area contributed by atoms with E-state index < -0.39 is 11.9 Å². The zero-order valence-electron chi connectivity index (χ0n) is 34.2. The average Bonchev–Trinajstić information content (AvgIpc) is 3.30. The fourth-order valence-corrected chi connectivity index (χ4v) is 10.2. The van der Waals surface area contributed by atoms with Crippen molar-refractivity contribution < 1.29 is 24.3 Å². The lowest BCUT2D eigenvalue weighted by molar-refractivity contribution is -0.134. The maximum atomic E-state index is 13.7. The first-order chi connectivity index (χ1) is 29.3. The molecule has 0 saturated carbocycles. The van der Waals surface area contributed by atoms with Gasteiger partial charge in [-0.15, -0.1) is 0 Å². The first-order valence-corrected chi connectivity index (χ1v) is 21.8. The minimum Gasteiger partial charge on any atom is -0.508 e. The van der Waals surface area contributed by atoms with Crippen molar-refractivity contribution in [2.75, 3.05) is 75.2 Å². The highest BCUT2D eigenvalue weighted by Gasteiger charge is 2.34. The number of piperazine rings is 2. The number of carbonyl (C=O) groups is 4. The van der Waals surface area contributed by atoms with Gasteiger partial charge >= 0.3 is 6.03 Å². The normalized spacial score (nSPS) is 22.9. The summed E-state index contributed by atoms with van der Waals surface area (Å²) in [6.07, 6.45) is 4.48. The molecule has 312 valence electrons. The highest BCUT2D eigenvalue weighted by Crippen LogP contribution is 2.47. The molecular weight excluding hydrogens is 755 g/mol. The van der Waals surface area contributed by atoms with Crippen LogP contribution >= 0.6 is 0 Å². The second-order valence-electron chi connectivity index (χ2n) is 17.0. The van der Waals surface area contributed by atoms with Crippen LogP contribution in [0.3, 0.4) is 0 Å². The number of carbonyl (C=O) groups excluding carboxylic acids is 4. The Hall–Kier alpha value is -5.88. The number of hydrogen-bond acceptors (Lipinski definition) is 8. The van der Waals surface area contributed by atoms with Crippen LogP contribution in [0.1, 0.15) is 76.6 Å². The minimum atomic E-state index is -0.695. The van der Waals surface area contributed by atoms with Gasteiger partial charge in [0.1, 0.15) is 11.8 Å². The van der Waals surface area contributed by atoms with Crippen LogP contribution in [-0.4, -0.2) is 121 Å². The molecule has 1 aliphatic carbocycles. The maximum Gasteiger partial charge on any atom is 0.320 e. The highest BCUT2D eigenvalue weighted by atomic mass is 16.3. The largest absolute Gasteiger partial charge is 0.508 e. The van der Waals surface area contributed by atoms with Crippen molar-refractivity contribution >= 4 is 35.1 Å². The summed E-state index contributed by atoms with van der Waals surface area (Å²) in [4.78, 5) is 61.4. The monoisotopic (exact) mass is 809 g/mol. The second kappa shape index (κ2) is 17.4. The van der Waals surface area contributed by atoms with E-state index in [2.05, 4.69) is 90.9 Å². The first kappa shape index (κ1) is 39.6. The molecule has 0 aromatic heterocycles. The predicted octanol–water partition coefficient (Wildman–Crippen LogP) is 5.32. The predicted molar refractivity (Wildman–Crippen MR) is 232 cm³/mol. The quantitative estimate of drug-likeness (QED) is 0.214. The molecule has 60 heavy (non-hydrogen) atoms. The molecule has 0 bridgehead atoms. The standard InChI is InChI=1S/C48H55N7O5/c56-40-15-17-42-36(32-40)10-16-41(33-4-2-1-3-5-33)45(42)34-6-11-37(12-7-34)52-28-30-55(31-29-52)48(60)54-22-20-39(21-23-54)53-26-24-51(25-27-53)38-13-8-35(9-14-38)46(58)49-43-18-19-44(57)50-47(43)59/h1-9,11-15,17,32,39,41,43,45,56H,10,16,18-31H2,(H,49,58)(H,50,57,59)/t41-,43?,45+/m1/s1. The molecule has 3 N–H and O–H groups in total. The van der Waals surface area contributed by atoms with Gasteiger partial charge in [0.05, 0.1) is 0 Å². The molecule has 1 unspecified atom stereocenters. The Balaban J connectivity index is 0.728. The first-order valence-electron chi connectivity index (χ1n) is 21.8. The number of amides is 5. The average molecular weight is 810 g/mol. The van der Waals surface area contributed by atoms with Crippen molar-refractivity contribution in [3.63, 3.8) is 0 Å². The van der Waals surface area contributed by atoms with Crippen molar-refractivity contribution in [3.05, 3.63) is 125 Å². The van der Waals surface area contributed by atoms with Crippen molar-refractivity contribution in [1.82, 2.24) is 25.3 Å². The zero-order valence-corrected chi connectivity index (χ0v) is 34.2. The molecule has 4 heterocycles. The number of phenols is 1. The third-order valence-electron chi connectivity index (χ3n) is 13.6. The molecular formula is C48H55N7O5. The molecule has 5 amide bonds. The molecule has 4 aromatic rings. The van der Waals surface area contributed by atoms with E-state index in [1.165, 1.54) is 27.9 Å². The second-order valence-corrected chi connectivity index (χ2v) is 17.0. The number of fused-ring (bicyclic) bond motifs is 1. The maximum absolute atomic E-state index is 13.7. The van der Waals surface area contributed by atoms with Gasteiger partial charge < -0.3 is 30.0 Å². The van der Waals surface area contributed by atoms with Gasteiger partial charge in [-0.05, 0) is 109 Å². The molecule has 12 nitrogen and oxygen atoms in total. The lowest BCUT2D eigenvalue weighted by atomic mass is 9.69.